The van der Waals surface area contributed by atoms with Gasteiger partial charge in [-0.15, -0.1) is 0 Å². The third-order valence-electron chi connectivity index (χ3n) is 3.70. The Labute approximate surface area is 132 Å². The van der Waals surface area contributed by atoms with Crippen LogP contribution in [-0.4, -0.2) is 23.7 Å². The van der Waals surface area contributed by atoms with Gasteiger partial charge in [0.15, 0.2) is 0 Å². The van der Waals surface area contributed by atoms with Gasteiger partial charge < -0.3 is 10.4 Å². The third kappa shape index (κ3) is 4.71. The molecule has 22 heavy (non-hydrogen) atoms. The number of hydrogen-bond acceptors (Lipinski definition) is 2. The van der Waals surface area contributed by atoms with Crippen LogP contribution >= 0.6 is 0 Å². The summed E-state index contributed by atoms with van der Waals surface area (Å²) in [7, 11) is 0. The molecule has 0 bridgehead atoms. The van der Waals surface area contributed by atoms with E-state index in [1.54, 1.807) is 0 Å². The first-order chi connectivity index (χ1) is 10.6. The molecule has 2 aromatic rings. The van der Waals surface area contributed by atoms with Gasteiger partial charge in [0.1, 0.15) is 0 Å². The molecule has 1 unspecified atom stereocenters. The molecule has 0 fully saturated rings. The lowest BCUT2D eigenvalue weighted by Gasteiger charge is -2.15. The van der Waals surface area contributed by atoms with Crippen molar-refractivity contribution >= 4 is 5.91 Å². The molecule has 0 radical (unpaired) electrons. The molecule has 0 aliphatic heterocycles. The van der Waals surface area contributed by atoms with E-state index >= 15 is 0 Å². The van der Waals surface area contributed by atoms with Crippen LogP contribution in [-0.2, 0) is 11.2 Å². The summed E-state index contributed by atoms with van der Waals surface area (Å²) in [5, 5.41) is 12.5. The second-order valence-corrected chi connectivity index (χ2v) is 5.86. The highest BCUT2D eigenvalue weighted by atomic mass is 16.3. The van der Waals surface area contributed by atoms with E-state index in [1.165, 1.54) is 5.56 Å². The van der Waals surface area contributed by atoms with E-state index < -0.39 is 6.10 Å². The zero-order valence-corrected chi connectivity index (χ0v) is 13.1. The average Bonchev–Trinajstić information content (AvgIpc) is 2.54. The smallest absolute Gasteiger partial charge is 0.224 e. The molecule has 0 heterocycles. The van der Waals surface area contributed by atoms with E-state index in [2.05, 4.69) is 17.4 Å². The van der Waals surface area contributed by atoms with Crippen LogP contribution in [0.2, 0.25) is 0 Å². The number of nitrogens with one attached hydrogen (secondary N) is 1. The number of rotatable bonds is 6. The second-order valence-electron chi connectivity index (χ2n) is 5.86. The van der Waals surface area contributed by atoms with Crippen LogP contribution in [0.15, 0.2) is 54.6 Å². The summed E-state index contributed by atoms with van der Waals surface area (Å²) in [4.78, 5) is 11.9. The Balaban J connectivity index is 1.90. The maximum Gasteiger partial charge on any atom is 0.224 e. The van der Waals surface area contributed by atoms with Gasteiger partial charge in [-0.1, -0.05) is 68.4 Å². The molecule has 0 saturated carbocycles. The number of carbonyl (C=O) groups excluding carboxylic acids is 1. The Morgan fingerprint density at radius 3 is 2.18 bits per heavy atom. The van der Waals surface area contributed by atoms with Crippen molar-refractivity contribution in [1.29, 1.82) is 0 Å². The third-order valence-corrected chi connectivity index (χ3v) is 3.70. The number of benzene rings is 2. The Kier molecular flexibility index (Phi) is 5.73. The highest BCUT2D eigenvalue weighted by Crippen LogP contribution is 2.19. The lowest BCUT2D eigenvalue weighted by Crippen LogP contribution is -2.35. The molecule has 0 aromatic heterocycles. The minimum Gasteiger partial charge on any atom is -0.391 e. The highest BCUT2D eigenvalue weighted by molar-refractivity contribution is 5.78. The first-order valence-corrected chi connectivity index (χ1v) is 7.65. The standard InChI is InChI=1S/C19H23NO2/c1-14(2)18(21)13-20-19(22)12-15-8-10-17(11-9-15)16-6-4-3-5-7-16/h3-11,14,18,21H,12-13H2,1-2H3,(H,20,22). The van der Waals surface area contributed by atoms with Gasteiger partial charge in [-0.3, -0.25) is 4.79 Å². The molecule has 116 valence electrons. The topological polar surface area (TPSA) is 49.3 Å². The monoisotopic (exact) mass is 297 g/mol. The van der Waals surface area contributed by atoms with Crippen molar-refractivity contribution in [2.24, 2.45) is 5.92 Å². The van der Waals surface area contributed by atoms with Gasteiger partial charge in [-0.05, 0) is 22.6 Å². The number of carbonyl (C=O) groups is 1. The minimum absolute atomic E-state index is 0.0628. The van der Waals surface area contributed by atoms with Crippen LogP contribution in [0.4, 0.5) is 0 Å². The molecule has 3 nitrogen and oxygen atoms in total. The summed E-state index contributed by atoms with van der Waals surface area (Å²) in [5.74, 6) is 0.0811. The van der Waals surface area contributed by atoms with E-state index in [1.807, 2.05) is 56.3 Å². The minimum atomic E-state index is -0.496. The van der Waals surface area contributed by atoms with Crippen molar-refractivity contribution in [2.45, 2.75) is 26.4 Å². The van der Waals surface area contributed by atoms with Crippen LogP contribution in [0.1, 0.15) is 19.4 Å². The second kappa shape index (κ2) is 7.76. The zero-order valence-electron chi connectivity index (χ0n) is 13.1. The number of aliphatic hydroxyl groups excluding tert-OH is 1. The summed E-state index contributed by atoms with van der Waals surface area (Å²) < 4.78 is 0. The number of hydrogen-bond donors (Lipinski definition) is 2. The lowest BCUT2D eigenvalue weighted by molar-refractivity contribution is -0.121. The molecular formula is C19H23NO2. The summed E-state index contributed by atoms with van der Waals surface area (Å²) in [6.45, 7) is 4.16. The Morgan fingerprint density at radius 2 is 1.59 bits per heavy atom. The molecule has 0 aliphatic carbocycles. The molecule has 0 saturated heterocycles. The number of aliphatic hydroxyl groups is 1. The largest absolute Gasteiger partial charge is 0.391 e. The van der Waals surface area contributed by atoms with Crippen LogP contribution in [0.5, 0.6) is 0 Å². The van der Waals surface area contributed by atoms with Gasteiger partial charge in [0, 0.05) is 6.54 Å². The lowest BCUT2D eigenvalue weighted by atomic mass is 10.0. The molecular weight excluding hydrogens is 274 g/mol. The van der Waals surface area contributed by atoms with Gasteiger partial charge in [0.2, 0.25) is 5.91 Å². The van der Waals surface area contributed by atoms with Crippen molar-refractivity contribution < 1.29 is 9.90 Å². The molecule has 2 aromatic carbocycles. The van der Waals surface area contributed by atoms with E-state index in [9.17, 15) is 9.90 Å². The molecule has 2 rings (SSSR count). The fourth-order valence-corrected chi connectivity index (χ4v) is 2.15. The van der Waals surface area contributed by atoms with Gasteiger partial charge >= 0.3 is 0 Å². The maximum absolute atomic E-state index is 11.9. The average molecular weight is 297 g/mol. The van der Waals surface area contributed by atoms with Crippen LogP contribution in [0, 0.1) is 5.92 Å². The van der Waals surface area contributed by atoms with Gasteiger partial charge in [-0.25, -0.2) is 0 Å². The predicted molar refractivity (Wildman–Crippen MR) is 89.4 cm³/mol. The molecule has 2 N–H and O–H groups in total. The first-order valence-electron chi connectivity index (χ1n) is 7.65. The Hall–Kier alpha value is -2.13. The quantitative estimate of drug-likeness (QED) is 0.861. The number of amides is 1. The summed E-state index contributed by atoms with van der Waals surface area (Å²) in [6, 6.07) is 18.1. The Morgan fingerprint density at radius 1 is 1.00 bits per heavy atom. The van der Waals surface area contributed by atoms with Crippen molar-refractivity contribution in [3.63, 3.8) is 0 Å². The maximum atomic E-state index is 11.9. The fourth-order valence-electron chi connectivity index (χ4n) is 2.15. The highest BCUT2D eigenvalue weighted by Gasteiger charge is 2.11. The van der Waals surface area contributed by atoms with E-state index in [0.29, 0.717) is 13.0 Å². The normalized spacial score (nSPS) is 12.2. The van der Waals surface area contributed by atoms with Crippen molar-refractivity contribution in [3.8, 4) is 11.1 Å². The van der Waals surface area contributed by atoms with Crippen molar-refractivity contribution in [1.82, 2.24) is 5.32 Å². The van der Waals surface area contributed by atoms with Crippen molar-refractivity contribution in [3.05, 3.63) is 60.2 Å². The summed E-state index contributed by atoms with van der Waals surface area (Å²) in [5.41, 5.74) is 3.27. The summed E-state index contributed by atoms with van der Waals surface area (Å²) >= 11 is 0. The van der Waals surface area contributed by atoms with E-state index in [-0.39, 0.29) is 11.8 Å². The molecule has 1 atom stereocenters. The fraction of sp³-hybridized carbons (Fsp3) is 0.316. The first kappa shape index (κ1) is 16.2. The SMILES string of the molecule is CC(C)C(O)CNC(=O)Cc1ccc(-c2ccccc2)cc1. The zero-order chi connectivity index (χ0) is 15.9. The van der Waals surface area contributed by atoms with Crippen molar-refractivity contribution in [2.75, 3.05) is 6.54 Å². The van der Waals surface area contributed by atoms with Crippen LogP contribution in [0.25, 0.3) is 11.1 Å². The van der Waals surface area contributed by atoms with E-state index in [4.69, 9.17) is 0 Å². The molecule has 0 spiro atoms. The molecule has 3 heteroatoms. The molecule has 0 aliphatic rings. The van der Waals surface area contributed by atoms with Gasteiger partial charge in [0.25, 0.3) is 0 Å². The van der Waals surface area contributed by atoms with E-state index in [0.717, 1.165) is 11.1 Å². The Bertz CT molecular complexity index is 591. The summed E-state index contributed by atoms with van der Waals surface area (Å²) in [6.07, 6.45) is -0.163. The van der Waals surface area contributed by atoms with Crippen LogP contribution in [0.3, 0.4) is 0 Å². The van der Waals surface area contributed by atoms with Gasteiger partial charge in [0.05, 0.1) is 12.5 Å². The predicted octanol–water partition coefficient (Wildman–Crippen LogP) is 3.03. The molecule has 1 amide bonds. The van der Waals surface area contributed by atoms with Gasteiger partial charge in [-0.2, -0.15) is 0 Å². The van der Waals surface area contributed by atoms with Crippen LogP contribution < -0.4 is 5.32 Å².